The first kappa shape index (κ1) is 19.6. The van der Waals surface area contributed by atoms with E-state index >= 15 is 0 Å². The Morgan fingerprint density at radius 1 is 1.14 bits per heavy atom. The molecule has 29 heavy (non-hydrogen) atoms. The second-order valence-corrected chi connectivity index (χ2v) is 10.8. The van der Waals surface area contributed by atoms with Crippen molar-refractivity contribution in [3.05, 3.63) is 12.2 Å². The fraction of sp³-hybridized carbons (Fsp3) is 0.840. The van der Waals surface area contributed by atoms with Crippen LogP contribution in [0, 0.1) is 39.9 Å². The number of allylic oxidation sites excluding steroid dienone is 2. The number of ether oxygens (including phenoxy) is 2. The molecule has 0 aliphatic heterocycles. The Labute approximate surface area is 174 Å². The Balaban J connectivity index is 1.44. The average molecular weight is 401 g/mol. The summed E-state index contributed by atoms with van der Waals surface area (Å²) in [5.74, 6) is 1.54. The molecule has 4 saturated carbocycles. The second-order valence-electron chi connectivity index (χ2n) is 10.8. The largest absolute Gasteiger partial charge is 0.463 e. The van der Waals surface area contributed by atoms with Gasteiger partial charge in [-0.1, -0.05) is 45.3 Å². The highest BCUT2D eigenvalue weighted by molar-refractivity contribution is 5.84. The zero-order chi connectivity index (χ0) is 20.3. The summed E-state index contributed by atoms with van der Waals surface area (Å²) in [6.45, 7) is 4.69. The van der Waals surface area contributed by atoms with E-state index in [0.717, 1.165) is 25.7 Å². The van der Waals surface area contributed by atoms with E-state index < -0.39 is 11.4 Å². The molecule has 0 aromatic heterocycles. The fourth-order valence-electron chi connectivity index (χ4n) is 8.75. The molecule has 4 nitrogen and oxygen atoms in total. The molecular formula is C25H36O4. The topological polar surface area (TPSA) is 52.6 Å². The zero-order valence-electron chi connectivity index (χ0n) is 18.1. The summed E-state index contributed by atoms with van der Waals surface area (Å²) in [5, 5.41) is 0. The van der Waals surface area contributed by atoms with Crippen molar-refractivity contribution in [3.8, 4) is 0 Å². The molecule has 4 heteroatoms. The molecule has 0 aromatic rings. The van der Waals surface area contributed by atoms with Crippen LogP contribution in [0.15, 0.2) is 12.2 Å². The number of carbonyl (C=O) groups excluding carboxylic acids is 2. The SMILES string of the molecule is CCCCOC(=O)COC(=O)C12C3CCC(C3)C1C1C=CC2(C2(C)CCCC2)C1. The molecule has 0 saturated heterocycles. The van der Waals surface area contributed by atoms with Crippen molar-refractivity contribution in [2.45, 2.75) is 78.1 Å². The van der Waals surface area contributed by atoms with E-state index in [2.05, 4.69) is 26.0 Å². The summed E-state index contributed by atoms with van der Waals surface area (Å²) >= 11 is 0. The van der Waals surface area contributed by atoms with E-state index in [4.69, 9.17) is 9.47 Å². The summed E-state index contributed by atoms with van der Waals surface area (Å²) in [4.78, 5) is 26.0. The molecule has 4 bridgehead atoms. The summed E-state index contributed by atoms with van der Waals surface area (Å²) in [7, 11) is 0. The number of hydrogen-bond donors (Lipinski definition) is 0. The van der Waals surface area contributed by atoms with Crippen LogP contribution in [-0.4, -0.2) is 25.2 Å². The van der Waals surface area contributed by atoms with Gasteiger partial charge in [0.15, 0.2) is 6.61 Å². The van der Waals surface area contributed by atoms with Crippen LogP contribution in [0.1, 0.15) is 78.1 Å². The second kappa shape index (κ2) is 6.85. The maximum absolute atomic E-state index is 13.9. The minimum atomic E-state index is -0.405. The van der Waals surface area contributed by atoms with Crippen LogP contribution in [0.4, 0.5) is 0 Å². The van der Waals surface area contributed by atoms with Crippen molar-refractivity contribution in [1.82, 2.24) is 0 Å². The monoisotopic (exact) mass is 400 g/mol. The first-order valence-electron chi connectivity index (χ1n) is 12.0. The minimum Gasteiger partial charge on any atom is -0.463 e. The van der Waals surface area contributed by atoms with Crippen LogP contribution in [-0.2, 0) is 19.1 Å². The smallest absolute Gasteiger partial charge is 0.344 e. The Hall–Kier alpha value is -1.32. The normalized spacial score (nSPS) is 43.0. The van der Waals surface area contributed by atoms with Gasteiger partial charge in [-0.3, -0.25) is 4.79 Å². The van der Waals surface area contributed by atoms with Crippen molar-refractivity contribution in [2.24, 2.45) is 39.9 Å². The van der Waals surface area contributed by atoms with Crippen molar-refractivity contribution < 1.29 is 19.1 Å². The molecule has 5 aliphatic carbocycles. The van der Waals surface area contributed by atoms with Crippen molar-refractivity contribution in [1.29, 1.82) is 0 Å². The van der Waals surface area contributed by atoms with Crippen LogP contribution in [0.25, 0.3) is 0 Å². The molecule has 4 fully saturated rings. The number of unbranched alkanes of at least 4 members (excludes halogenated alkanes) is 1. The summed E-state index contributed by atoms with van der Waals surface area (Å²) in [6.07, 6.45) is 16.4. The number of fused-ring (bicyclic) bond motifs is 9. The van der Waals surface area contributed by atoms with Crippen molar-refractivity contribution >= 4 is 11.9 Å². The van der Waals surface area contributed by atoms with E-state index in [1.165, 1.54) is 38.5 Å². The molecule has 0 N–H and O–H groups in total. The highest BCUT2D eigenvalue weighted by Gasteiger charge is 2.80. The third-order valence-electron chi connectivity index (χ3n) is 9.74. The number of esters is 2. The van der Waals surface area contributed by atoms with Gasteiger partial charge in [0, 0.05) is 5.41 Å². The third kappa shape index (κ3) is 2.44. The summed E-state index contributed by atoms with van der Waals surface area (Å²) in [6, 6.07) is 0. The van der Waals surface area contributed by atoms with Gasteiger partial charge < -0.3 is 9.47 Å². The van der Waals surface area contributed by atoms with E-state index in [1.54, 1.807) is 0 Å². The van der Waals surface area contributed by atoms with Crippen LogP contribution in [0.3, 0.4) is 0 Å². The van der Waals surface area contributed by atoms with E-state index in [9.17, 15) is 9.59 Å². The van der Waals surface area contributed by atoms with Gasteiger partial charge in [0.05, 0.1) is 12.0 Å². The molecule has 6 unspecified atom stereocenters. The fourth-order valence-corrected chi connectivity index (χ4v) is 8.75. The van der Waals surface area contributed by atoms with Gasteiger partial charge in [0.25, 0.3) is 0 Å². The summed E-state index contributed by atoms with van der Waals surface area (Å²) < 4.78 is 11.1. The van der Waals surface area contributed by atoms with E-state index in [0.29, 0.717) is 30.3 Å². The lowest BCUT2D eigenvalue weighted by atomic mass is 9.46. The minimum absolute atomic E-state index is 0.0745. The molecule has 0 spiro atoms. The first-order chi connectivity index (χ1) is 14.0. The molecule has 0 aromatic carbocycles. The van der Waals surface area contributed by atoms with E-state index in [-0.39, 0.29) is 23.4 Å². The highest BCUT2D eigenvalue weighted by atomic mass is 16.6. The van der Waals surface area contributed by atoms with Gasteiger partial charge in [0.1, 0.15) is 0 Å². The third-order valence-corrected chi connectivity index (χ3v) is 9.74. The molecular weight excluding hydrogens is 364 g/mol. The maximum atomic E-state index is 13.9. The van der Waals surface area contributed by atoms with Crippen LogP contribution >= 0.6 is 0 Å². The van der Waals surface area contributed by atoms with Gasteiger partial charge >= 0.3 is 11.9 Å². The van der Waals surface area contributed by atoms with Gasteiger partial charge in [0.2, 0.25) is 0 Å². The zero-order valence-corrected chi connectivity index (χ0v) is 18.1. The van der Waals surface area contributed by atoms with Gasteiger partial charge in [-0.25, -0.2) is 4.79 Å². The van der Waals surface area contributed by atoms with Crippen LogP contribution in [0.2, 0.25) is 0 Å². The number of rotatable bonds is 7. The quantitative estimate of drug-likeness (QED) is 0.259. The molecule has 0 amide bonds. The standard InChI is InChI=1S/C25H36O4/c1-3-4-13-28-20(26)16-29-22(27)25-19-8-7-17(14-19)21(25)18-9-12-24(25,15-18)23(2)10-5-6-11-23/h9,12,17-19,21H,3-8,10-11,13-16H2,1-2H3. The lowest BCUT2D eigenvalue weighted by molar-refractivity contribution is -0.184. The predicted octanol–water partition coefficient (Wildman–Crippen LogP) is 5.06. The number of carbonyl (C=O) groups is 2. The summed E-state index contributed by atoms with van der Waals surface area (Å²) in [5.41, 5.74) is -0.300. The van der Waals surface area contributed by atoms with Crippen LogP contribution < -0.4 is 0 Å². The predicted molar refractivity (Wildman–Crippen MR) is 110 cm³/mol. The molecule has 5 rings (SSSR count). The van der Waals surface area contributed by atoms with Crippen molar-refractivity contribution in [2.75, 3.05) is 13.2 Å². The Kier molecular flexibility index (Phi) is 4.64. The van der Waals surface area contributed by atoms with E-state index in [1.807, 2.05) is 0 Å². The molecule has 5 aliphatic rings. The molecule has 160 valence electrons. The van der Waals surface area contributed by atoms with Crippen LogP contribution in [0.5, 0.6) is 0 Å². The maximum Gasteiger partial charge on any atom is 0.344 e. The molecule has 0 radical (unpaired) electrons. The van der Waals surface area contributed by atoms with Gasteiger partial charge in [-0.2, -0.15) is 0 Å². The Bertz CT molecular complexity index is 720. The van der Waals surface area contributed by atoms with Gasteiger partial charge in [-0.05, 0) is 74.0 Å². The average Bonchev–Trinajstić information content (AvgIpc) is 3.51. The lowest BCUT2D eigenvalue weighted by Crippen LogP contribution is -2.58. The molecule has 0 heterocycles. The first-order valence-corrected chi connectivity index (χ1v) is 12.0. The highest BCUT2D eigenvalue weighted by Crippen LogP contribution is 2.82. The lowest BCUT2D eigenvalue weighted by Gasteiger charge is -2.56. The number of hydrogen-bond acceptors (Lipinski definition) is 4. The molecule has 6 atom stereocenters. The van der Waals surface area contributed by atoms with Crippen molar-refractivity contribution in [3.63, 3.8) is 0 Å². The Morgan fingerprint density at radius 3 is 2.69 bits per heavy atom. The van der Waals surface area contributed by atoms with Gasteiger partial charge in [-0.15, -0.1) is 0 Å². The Morgan fingerprint density at radius 2 is 1.93 bits per heavy atom.